The number of hydrogen-bond acceptors (Lipinski definition) is 4. The highest BCUT2D eigenvalue weighted by atomic mass is 32.2. The van der Waals surface area contributed by atoms with Crippen molar-refractivity contribution in [1.29, 1.82) is 0 Å². The Balaban J connectivity index is 1.94. The van der Waals surface area contributed by atoms with E-state index >= 15 is 0 Å². The Bertz CT molecular complexity index is 664. The van der Waals surface area contributed by atoms with E-state index in [1.807, 2.05) is 4.57 Å². The highest BCUT2D eigenvalue weighted by Gasteiger charge is 2.19. The fourth-order valence-electron chi connectivity index (χ4n) is 2.37. The number of halogens is 2. The first-order chi connectivity index (χ1) is 10.2. The fraction of sp³-hybridized carbons (Fsp3) is 0.357. The van der Waals surface area contributed by atoms with Gasteiger partial charge in [-0.15, -0.1) is 10.2 Å². The lowest BCUT2D eigenvalue weighted by Gasteiger charge is -2.08. The molecule has 0 saturated carbocycles. The van der Waals surface area contributed by atoms with Gasteiger partial charge in [0.25, 0.3) is 0 Å². The van der Waals surface area contributed by atoms with Gasteiger partial charge in [-0.05, 0) is 36.7 Å². The van der Waals surface area contributed by atoms with Crippen molar-refractivity contribution in [2.45, 2.75) is 42.3 Å². The van der Waals surface area contributed by atoms with E-state index in [2.05, 4.69) is 10.2 Å². The maximum absolute atomic E-state index is 13.9. The molecule has 110 valence electrons. The largest absolute Gasteiger partial charge is 0.306 e. The average Bonchev–Trinajstić information content (AvgIpc) is 2.70. The lowest BCUT2D eigenvalue weighted by Crippen LogP contribution is -2.03. The smallest absolute Gasteiger partial charge is 0.196 e. The molecule has 0 atom stereocenters. The van der Waals surface area contributed by atoms with Gasteiger partial charge in [-0.3, -0.25) is 4.79 Å². The van der Waals surface area contributed by atoms with Gasteiger partial charge in [0, 0.05) is 18.5 Å². The Kier molecular flexibility index (Phi) is 4.01. The van der Waals surface area contributed by atoms with E-state index < -0.39 is 11.6 Å². The Labute approximate surface area is 124 Å². The van der Waals surface area contributed by atoms with Crippen LogP contribution < -0.4 is 0 Å². The van der Waals surface area contributed by atoms with E-state index in [-0.39, 0.29) is 10.5 Å². The number of aldehydes is 1. The van der Waals surface area contributed by atoms with Crippen LogP contribution in [-0.2, 0) is 13.0 Å². The van der Waals surface area contributed by atoms with Crippen LogP contribution in [0.3, 0.4) is 0 Å². The first-order valence-corrected chi connectivity index (χ1v) is 7.55. The van der Waals surface area contributed by atoms with Gasteiger partial charge in [0.1, 0.15) is 23.7 Å². The van der Waals surface area contributed by atoms with Crippen molar-refractivity contribution in [3.8, 4) is 0 Å². The van der Waals surface area contributed by atoms with Crippen LogP contribution in [0.25, 0.3) is 0 Å². The number of aromatic nitrogens is 3. The molecule has 1 aromatic carbocycles. The Morgan fingerprint density at radius 3 is 2.62 bits per heavy atom. The van der Waals surface area contributed by atoms with Gasteiger partial charge in [0.2, 0.25) is 0 Å². The van der Waals surface area contributed by atoms with Gasteiger partial charge in [0.05, 0.1) is 4.90 Å². The molecule has 1 aliphatic heterocycles. The van der Waals surface area contributed by atoms with Crippen molar-refractivity contribution < 1.29 is 13.6 Å². The standard InChI is InChI=1S/C14H13F2N3OS/c15-10-6-9(8-20)7-11(16)13(10)21-14-18-17-12-4-2-1-3-5-19(12)14/h6-8H,1-5H2. The van der Waals surface area contributed by atoms with Gasteiger partial charge in [-0.1, -0.05) is 6.42 Å². The minimum absolute atomic E-state index is 0.0191. The summed E-state index contributed by atoms with van der Waals surface area (Å²) in [6.07, 6.45) is 4.43. The maximum Gasteiger partial charge on any atom is 0.196 e. The first kappa shape index (κ1) is 14.2. The summed E-state index contributed by atoms with van der Waals surface area (Å²) in [4.78, 5) is 10.4. The molecule has 3 rings (SSSR count). The van der Waals surface area contributed by atoms with Crippen LogP contribution in [0, 0.1) is 11.6 Å². The number of aryl methyl sites for hydroxylation is 1. The summed E-state index contributed by atoms with van der Waals surface area (Å²) in [5, 5.41) is 8.62. The molecule has 0 bridgehead atoms. The highest BCUT2D eigenvalue weighted by Crippen LogP contribution is 2.32. The zero-order valence-corrected chi connectivity index (χ0v) is 12.0. The van der Waals surface area contributed by atoms with Gasteiger partial charge in [0.15, 0.2) is 5.16 Å². The molecule has 2 heterocycles. The van der Waals surface area contributed by atoms with Crippen LogP contribution >= 0.6 is 11.8 Å². The molecule has 0 saturated heterocycles. The van der Waals surface area contributed by atoms with Gasteiger partial charge < -0.3 is 4.57 Å². The maximum atomic E-state index is 13.9. The molecule has 21 heavy (non-hydrogen) atoms. The molecule has 0 amide bonds. The molecule has 2 aromatic rings. The van der Waals surface area contributed by atoms with Crippen molar-refractivity contribution in [2.24, 2.45) is 0 Å². The molecular weight excluding hydrogens is 296 g/mol. The predicted octanol–water partition coefficient (Wildman–Crippen LogP) is 3.25. The summed E-state index contributed by atoms with van der Waals surface area (Å²) >= 11 is 0.914. The number of nitrogens with zero attached hydrogens (tertiary/aromatic N) is 3. The summed E-state index contributed by atoms with van der Waals surface area (Å²) in [6.45, 7) is 0.764. The Morgan fingerprint density at radius 2 is 1.90 bits per heavy atom. The molecule has 1 aromatic heterocycles. The van der Waals surface area contributed by atoms with Crippen LogP contribution in [0.15, 0.2) is 22.2 Å². The molecule has 7 heteroatoms. The van der Waals surface area contributed by atoms with Gasteiger partial charge >= 0.3 is 0 Å². The molecule has 0 fully saturated rings. The van der Waals surface area contributed by atoms with Crippen LogP contribution in [-0.4, -0.2) is 21.1 Å². The number of fused-ring (bicyclic) bond motifs is 1. The van der Waals surface area contributed by atoms with E-state index in [1.54, 1.807) is 0 Å². The zero-order valence-electron chi connectivity index (χ0n) is 11.2. The van der Waals surface area contributed by atoms with Crippen molar-refractivity contribution >= 4 is 18.0 Å². The number of hydrogen-bond donors (Lipinski definition) is 0. The van der Waals surface area contributed by atoms with Crippen LogP contribution in [0.2, 0.25) is 0 Å². The molecule has 0 spiro atoms. The normalized spacial score (nSPS) is 14.6. The molecule has 1 aliphatic rings. The first-order valence-electron chi connectivity index (χ1n) is 6.73. The minimum atomic E-state index is -0.756. The topological polar surface area (TPSA) is 47.8 Å². The quantitative estimate of drug-likeness (QED) is 0.817. The molecule has 0 aliphatic carbocycles. The van der Waals surface area contributed by atoms with Crippen molar-refractivity contribution in [1.82, 2.24) is 14.8 Å². The van der Waals surface area contributed by atoms with Crippen molar-refractivity contribution in [3.05, 3.63) is 35.2 Å². The third-order valence-electron chi connectivity index (χ3n) is 3.43. The number of benzene rings is 1. The summed E-state index contributed by atoms with van der Waals surface area (Å²) in [5.41, 5.74) is -0.0191. The fourth-order valence-corrected chi connectivity index (χ4v) is 3.25. The summed E-state index contributed by atoms with van der Waals surface area (Å²) in [7, 11) is 0. The molecule has 4 nitrogen and oxygen atoms in total. The Hall–Kier alpha value is -1.76. The lowest BCUT2D eigenvalue weighted by atomic mass is 10.2. The summed E-state index contributed by atoms with van der Waals surface area (Å²) < 4.78 is 29.8. The third-order valence-corrected chi connectivity index (χ3v) is 4.50. The second kappa shape index (κ2) is 5.93. The molecule has 0 unspecified atom stereocenters. The molecular formula is C14H13F2N3OS. The molecule has 0 N–H and O–H groups in total. The van der Waals surface area contributed by atoms with Gasteiger partial charge in [-0.25, -0.2) is 8.78 Å². The number of carbonyl (C=O) groups excluding carboxylic acids is 1. The van der Waals surface area contributed by atoms with Crippen molar-refractivity contribution in [2.75, 3.05) is 0 Å². The predicted molar refractivity (Wildman–Crippen MR) is 73.4 cm³/mol. The van der Waals surface area contributed by atoms with Crippen molar-refractivity contribution in [3.63, 3.8) is 0 Å². The SMILES string of the molecule is O=Cc1cc(F)c(Sc2nnc3n2CCCCC3)c(F)c1. The number of rotatable bonds is 3. The third kappa shape index (κ3) is 2.83. The minimum Gasteiger partial charge on any atom is -0.306 e. The van der Waals surface area contributed by atoms with E-state index in [0.29, 0.717) is 11.4 Å². The second-order valence-electron chi connectivity index (χ2n) is 4.89. The van der Waals surface area contributed by atoms with E-state index in [4.69, 9.17) is 0 Å². The summed E-state index contributed by atoms with van der Waals surface area (Å²) in [5.74, 6) is -0.651. The van der Waals surface area contributed by atoms with Crippen LogP contribution in [0.4, 0.5) is 8.78 Å². The van der Waals surface area contributed by atoms with E-state index in [9.17, 15) is 13.6 Å². The number of carbonyl (C=O) groups is 1. The molecule has 0 radical (unpaired) electrons. The van der Waals surface area contributed by atoms with E-state index in [0.717, 1.165) is 61.9 Å². The second-order valence-corrected chi connectivity index (χ2v) is 5.87. The lowest BCUT2D eigenvalue weighted by molar-refractivity contribution is 0.112. The Morgan fingerprint density at radius 1 is 1.14 bits per heavy atom. The van der Waals surface area contributed by atoms with Gasteiger partial charge in [-0.2, -0.15) is 0 Å². The highest BCUT2D eigenvalue weighted by molar-refractivity contribution is 7.99. The van der Waals surface area contributed by atoms with E-state index in [1.165, 1.54) is 0 Å². The van der Waals surface area contributed by atoms with Crippen LogP contribution in [0.5, 0.6) is 0 Å². The zero-order chi connectivity index (χ0) is 14.8. The van der Waals surface area contributed by atoms with Crippen LogP contribution in [0.1, 0.15) is 35.4 Å². The summed E-state index contributed by atoms with van der Waals surface area (Å²) in [6, 6.07) is 2.05. The average molecular weight is 309 g/mol. The monoisotopic (exact) mass is 309 g/mol.